The van der Waals surface area contributed by atoms with Gasteiger partial charge in [-0.05, 0) is 77.1 Å². The Morgan fingerprint density at radius 3 is 1.61 bits per heavy atom. The smallest absolute Gasteiger partial charge is 0.332 e. The van der Waals surface area contributed by atoms with Crippen LogP contribution in [0.2, 0.25) is 0 Å². The van der Waals surface area contributed by atoms with E-state index in [-0.39, 0.29) is 25.2 Å². The zero-order valence-electron chi connectivity index (χ0n) is 38.2. The van der Waals surface area contributed by atoms with E-state index in [9.17, 15) is 19.2 Å². The molecular weight excluding hydrogens is 841 g/mol. The van der Waals surface area contributed by atoms with Crippen LogP contribution in [0, 0.1) is 37.5 Å². The molecule has 0 radical (unpaired) electrons. The van der Waals surface area contributed by atoms with Crippen LogP contribution in [-0.2, 0) is 40.3 Å². The third kappa shape index (κ3) is 8.84. The number of aromatic nitrogens is 12. The number of fused-ring (bicyclic) bond motifs is 3. The lowest BCUT2D eigenvalue weighted by atomic mass is 10.1. The van der Waals surface area contributed by atoms with Crippen molar-refractivity contribution in [3.63, 3.8) is 0 Å². The molecule has 2 aliphatic rings. The number of imidazole rings is 2. The Labute approximate surface area is 379 Å². The number of hydrogen-bond acceptors (Lipinski definition) is 14. The summed E-state index contributed by atoms with van der Waals surface area (Å²) in [5.74, 6) is 13.5. The van der Waals surface area contributed by atoms with Gasteiger partial charge in [0.15, 0.2) is 22.3 Å². The second-order valence-corrected chi connectivity index (χ2v) is 16.8. The number of anilines is 2. The molecule has 4 N–H and O–H groups in total. The maximum atomic E-state index is 13.7. The second-order valence-electron chi connectivity index (χ2n) is 16.8. The van der Waals surface area contributed by atoms with Crippen LogP contribution in [0.4, 0.5) is 11.9 Å². The molecule has 0 amide bonds. The molecular formula is C46H54N16O4. The minimum atomic E-state index is -0.460. The van der Waals surface area contributed by atoms with Gasteiger partial charge in [0.05, 0.1) is 37.2 Å². The van der Waals surface area contributed by atoms with Crippen molar-refractivity contribution in [3.05, 3.63) is 101 Å². The zero-order valence-corrected chi connectivity index (χ0v) is 38.2. The summed E-state index contributed by atoms with van der Waals surface area (Å²) in [7, 11) is 3.26. The predicted octanol–water partition coefficient (Wildman–Crippen LogP) is 1.14. The van der Waals surface area contributed by atoms with Crippen LogP contribution in [0.3, 0.4) is 0 Å². The molecule has 20 nitrogen and oxygen atoms in total. The first-order valence-electron chi connectivity index (χ1n) is 22.0. The Balaban J connectivity index is 0.000000180. The number of nitrogens with two attached hydrogens (primary N) is 2. The maximum absolute atomic E-state index is 13.7. The number of nitrogens with zero attached hydrogens (tertiary/aromatic N) is 14. The largest absolute Gasteiger partial charge is 0.341 e. The zero-order chi connectivity index (χ0) is 46.8. The van der Waals surface area contributed by atoms with Gasteiger partial charge in [-0.3, -0.25) is 47.0 Å². The molecule has 20 heteroatoms. The van der Waals surface area contributed by atoms with Crippen LogP contribution in [0.5, 0.6) is 0 Å². The van der Waals surface area contributed by atoms with Gasteiger partial charge in [-0.2, -0.15) is 9.97 Å². The van der Waals surface area contributed by atoms with Crippen LogP contribution < -0.4 is 43.8 Å². The minimum Gasteiger partial charge on any atom is -0.341 e. The summed E-state index contributed by atoms with van der Waals surface area (Å²) in [5.41, 5.74) is 15.9. The van der Waals surface area contributed by atoms with Crippen LogP contribution in [0.25, 0.3) is 33.4 Å². The highest BCUT2D eigenvalue weighted by Gasteiger charge is 2.28. The van der Waals surface area contributed by atoms with Crippen LogP contribution in [-0.4, -0.2) is 95.6 Å². The lowest BCUT2D eigenvalue weighted by Gasteiger charge is -2.31. The molecule has 9 rings (SSSR count). The molecule has 342 valence electrons. The Bertz CT molecular complexity index is 3350. The van der Waals surface area contributed by atoms with Gasteiger partial charge in [0, 0.05) is 76.1 Å². The first-order chi connectivity index (χ1) is 31.8. The summed E-state index contributed by atoms with van der Waals surface area (Å²) in [6, 6.07) is 7.46. The summed E-state index contributed by atoms with van der Waals surface area (Å²) in [5, 5.41) is 0. The fraction of sp³-hybridized carbons (Fsp3) is 0.435. The number of rotatable bonds is 8. The van der Waals surface area contributed by atoms with Gasteiger partial charge < -0.3 is 21.3 Å². The van der Waals surface area contributed by atoms with Crippen molar-refractivity contribution in [2.24, 2.45) is 25.6 Å². The third-order valence-electron chi connectivity index (χ3n) is 11.9. The molecule has 0 spiro atoms. The van der Waals surface area contributed by atoms with E-state index >= 15 is 0 Å². The highest BCUT2D eigenvalue weighted by molar-refractivity contribution is 5.76. The first kappa shape index (κ1) is 45.2. The number of hydrogen-bond donors (Lipinski definition) is 2. The molecule has 2 aliphatic heterocycles. The van der Waals surface area contributed by atoms with Crippen molar-refractivity contribution >= 4 is 45.3 Å². The van der Waals surface area contributed by atoms with Crippen molar-refractivity contribution in [2.75, 3.05) is 36.0 Å². The van der Waals surface area contributed by atoms with Crippen molar-refractivity contribution in [1.29, 1.82) is 0 Å². The second kappa shape index (κ2) is 19.0. The Morgan fingerprint density at radius 2 is 1.12 bits per heavy atom. The summed E-state index contributed by atoms with van der Waals surface area (Å²) >= 11 is 0. The molecule has 6 aromatic heterocycles. The molecule has 2 fully saturated rings. The van der Waals surface area contributed by atoms with Crippen LogP contribution in [0.1, 0.15) is 62.3 Å². The molecule has 0 saturated carbocycles. The predicted molar refractivity (Wildman–Crippen MR) is 253 cm³/mol. The lowest BCUT2D eigenvalue weighted by Crippen LogP contribution is -2.44. The van der Waals surface area contributed by atoms with E-state index in [4.69, 9.17) is 21.4 Å². The fourth-order valence-electron chi connectivity index (χ4n) is 8.78. The normalized spacial score (nSPS) is 16.2. The average molecular weight is 895 g/mol. The summed E-state index contributed by atoms with van der Waals surface area (Å²) < 4.78 is 8.85. The third-order valence-corrected chi connectivity index (χ3v) is 11.9. The number of piperidine rings is 2. The Hall–Kier alpha value is -7.42. The fourth-order valence-corrected chi connectivity index (χ4v) is 8.78. The van der Waals surface area contributed by atoms with Gasteiger partial charge in [0.25, 0.3) is 11.1 Å². The summed E-state index contributed by atoms with van der Waals surface area (Å²) in [6.07, 6.45) is 7.03. The van der Waals surface area contributed by atoms with E-state index < -0.39 is 22.5 Å². The molecule has 0 unspecified atom stereocenters. The first-order valence-corrected chi connectivity index (χ1v) is 22.0. The van der Waals surface area contributed by atoms with Crippen LogP contribution >= 0.6 is 0 Å². The Kier molecular flexibility index (Phi) is 13.0. The van der Waals surface area contributed by atoms with Gasteiger partial charge in [-0.15, -0.1) is 11.8 Å². The topological polar surface area (TPSA) is 234 Å². The summed E-state index contributed by atoms with van der Waals surface area (Å²) in [4.78, 5) is 84.6. The molecule has 0 aliphatic carbocycles. The standard InChI is InChI=1S/C24H26N8O2.C22H28N8O2/c1-3-4-12-31-20-21(28-23(31)30-11-5-6-17(25)15-30)29(2)24(34)32(22(20)33)14-16-7-8-18-19(13-16)27-10-9-26-18;1-5-6-10-29-18-19(26-21(29)28-9-7-8-16(23)12-28)27(4)22(32)30(20(18)31)13-17-24-14(2)11-15(3)25-17/h7-10,13,17H,5-6,11-12,14-15,25H2,1-2H3;11,16H,7-10,12-13,23H2,1-4H3/t17-;16-/m11/s1. The van der Waals surface area contributed by atoms with Crippen molar-refractivity contribution in [3.8, 4) is 23.7 Å². The molecule has 7 aromatic rings. The number of benzene rings is 1. The van der Waals surface area contributed by atoms with Gasteiger partial charge in [-0.25, -0.2) is 19.6 Å². The van der Waals surface area contributed by atoms with Gasteiger partial charge in [0.1, 0.15) is 5.82 Å². The lowest BCUT2D eigenvalue weighted by molar-refractivity contribution is 0.496. The highest BCUT2D eigenvalue weighted by Crippen LogP contribution is 2.25. The van der Waals surface area contributed by atoms with Crippen molar-refractivity contribution in [1.82, 2.24) is 57.3 Å². The van der Waals surface area contributed by atoms with E-state index in [1.807, 2.05) is 42.7 Å². The number of aryl methyl sites for hydroxylation is 4. The summed E-state index contributed by atoms with van der Waals surface area (Å²) in [6.45, 7) is 10.8. The quantitative estimate of drug-likeness (QED) is 0.204. The SMILES string of the molecule is CC#CCn1c(N2CCC[C@@H](N)C2)nc2c1c(=O)n(Cc1ccc3nccnc3c1)c(=O)n2C.CC#CCn1c(N2CCC[C@@H](N)C2)nc2c1c(=O)n(Cc1nc(C)cc(C)n1)c(=O)n2C. The highest BCUT2D eigenvalue weighted by atomic mass is 16.2. The van der Waals surface area contributed by atoms with Crippen molar-refractivity contribution < 1.29 is 0 Å². The monoisotopic (exact) mass is 894 g/mol. The molecule has 2 atom stereocenters. The van der Waals surface area contributed by atoms with Gasteiger partial charge in [-0.1, -0.05) is 17.9 Å². The van der Waals surface area contributed by atoms with E-state index in [0.29, 0.717) is 71.7 Å². The molecule has 2 saturated heterocycles. The van der Waals surface area contributed by atoms with Gasteiger partial charge in [0.2, 0.25) is 11.9 Å². The van der Waals surface area contributed by atoms with E-state index in [2.05, 4.69) is 53.4 Å². The van der Waals surface area contributed by atoms with Crippen LogP contribution in [0.15, 0.2) is 55.8 Å². The van der Waals surface area contributed by atoms with E-state index in [1.165, 1.54) is 18.3 Å². The van der Waals surface area contributed by atoms with E-state index in [1.54, 1.807) is 44.9 Å². The maximum Gasteiger partial charge on any atom is 0.332 e. The molecule has 1 aromatic carbocycles. The van der Waals surface area contributed by atoms with E-state index in [0.717, 1.165) is 61.2 Å². The average Bonchev–Trinajstić information content (AvgIpc) is 3.89. The van der Waals surface area contributed by atoms with Crippen molar-refractivity contribution in [2.45, 2.75) is 91.6 Å². The molecule has 66 heavy (non-hydrogen) atoms. The molecule has 8 heterocycles. The Morgan fingerprint density at radius 1 is 0.636 bits per heavy atom. The molecule has 0 bridgehead atoms. The minimum absolute atomic E-state index is 0.0154. The van der Waals surface area contributed by atoms with Gasteiger partial charge >= 0.3 is 11.4 Å².